The molecule has 0 bridgehead atoms. The molecule has 0 aromatic heterocycles. The minimum Gasteiger partial charge on any atom is -0.391 e. The molecule has 1 rings (SSSR count). The molecule has 16 heavy (non-hydrogen) atoms. The van der Waals surface area contributed by atoms with Gasteiger partial charge >= 0.3 is 0 Å². The number of hydrogen-bond acceptors (Lipinski definition) is 3. The van der Waals surface area contributed by atoms with Crippen LogP contribution < -0.4 is 0 Å². The van der Waals surface area contributed by atoms with Gasteiger partial charge in [0.05, 0.1) is 12.6 Å². The van der Waals surface area contributed by atoms with E-state index in [0.717, 1.165) is 25.7 Å². The fourth-order valence-corrected chi connectivity index (χ4v) is 2.19. The number of aliphatic hydroxyl groups is 1. The minimum atomic E-state index is -0.284. The Labute approximate surface area is 98.8 Å². The van der Waals surface area contributed by atoms with Crippen LogP contribution in [-0.4, -0.2) is 41.5 Å². The highest BCUT2D eigenvalue weighted by Crippen LogP contribution is 2.23. The second-order valence-electron chi connectivity index (χ2n) is 6.01. The lowest BCUT2D eigenvalue weighted by Gasteiger charge is -2.35. The summed E-state index contributed by atoms with van der Waals surface area (Å²) in [5.74, 6) is 0.243. The molecule has 1 saturated carbocycles. The van der Waals surface area contributed by atoms with Crippen molar-refractivity contribution >= 4 is 5.78 Å². The van der Waals surface area contributed by atoms with E-state index >= 15 is 0 Å². The van der Waals surface area contributed by atoms with Crippen LogP contribution in [0.25, 0.3) is 0 Å². The largest absolute Gasteiger partial charge is 0.391 e. The van der Waals surface area contributed by atoms with Crippen molar-refractivity contribution in [2.45, 2.75) is 58.6 Å². The number of ketones is 1. The van der Waals surface area contributed by atoms with Crippen LogP contribution in [0.15, 0.2) is 0 Å². The summed E-state index contributed by atoms with van der Waals surface area (Å²) in [6.45, 7) is 6.28. The van der Waals surface area contributed by atoms with Crippen LogP contribution >= 0.6 is 0 Å². The zero-order chi connectivity index (χ0) is 12.3. The van der Waals surface area contributed by atoms with Crippen LogP contribution in [0.3, 0.4) is 0 Å². The zero-order valence-electron chi connectivity index (χ0n) is 11.0. The van der Waals surface area contributed by atoms with E-state index < -0.39 is 0 Å². The molecule has 94 valence electrons. The van der Waals surface area contributed by atoms with Gasteiger partial charge in [-0.1, -0.05) is 33.6 Å². The maximum absolute atomic E-state index is 11.9. The maximum Gasteiger partial charge on any atom is 0.152 e. The maximum atomic E-state index is 11.9. The van der Waals surface area contributed by atoms with Gasteiger partial charge in [0.2, 0.25) is 0 Å². The number of hydrogen-bond donors (Lipinski definition) is 1. The first-order valence-corrected chi connectivity index (χ1v) is 6.24. The fourth-order valence-electron chi connectivity index (χ4n) is 2.19. The van der Waals surface area contributed by atoms with Crippen molar-refractivity contribution in [3.63, 3.8) is 0 Å². The van der Waals surface area contributed by atoms with Gasteiger partial charge in [-0.2, -0.15) is 0 Å². The molecular formula is C13H25NO2. The molecule has 0 saturated heterocycles. The van der Waals surface area contributed by atoms with Crippen molar-refractivity contribution in [3.05, 3.63) is 0 Å². The number of likely N-dealkylation sites (N-methyl/N-ethyl adjacent to an activating group) is 1. The van der Waals surface area contributed by atoms with Crippen LogP contribution in [0, 0.1) is 5.41 Å². The number of carbonyl (C=O) groups excluding carboxylic acids is 1. The molecule has 2 unspecified atom stereocenters. The van der Waals surface area contributed by atoms with Gasteiger partial charge in [0.25, 0.3) is 0 Å². The smallest absolute Gasteiger partial charge is 0.152 e. The summed E-state index contributed by atoms with van der Waals surface area (Å²) >= 11 is 0. The van der Waals surface area contributed by atoms with E-state index in [9.17, 15) is 9.90 Å². The number of carbonyl (C=O) groups is 1. The highest BCUT2D eigenvalue weighted by Gasteiger charge is 2.30. The molecule has 2 atom stereocenters. The molecular weight excluding hydrogens is 202 g/mol. The molecule has 1 aliphatic carbocycles. The van der Waals surface area contributed by atoms with E-state index in [1.54, 1.807) is 0 Å². The lowest BCUT2D eigenvalue weighted by atomic mass is 9.88. The summed E-state index contributed by atoms with van der Waals surface area (Å²) in [7, 11) is 1.95. The second kappa shape index (κ2) is 5.28. The van der Waals surface area contributed by atoms with Gasteiger partial charge in [0.1, 0.15) is 0 Å². The summed E-state index contributed by atoms with van der Waals surface area (Å²) in [4.78, 5) is 13.9. The third-order valence-corrected chi connectivity index (χ3v) is 3.49. The molecule has 0 heterocycles. The third kappa shape index (κ3) is 3.56. The number of Topliss-reactive ketones (excluding diaryl/α,β-unsaturated/α-hetero) is 1. The quantitative estimate of drug-likeness (QED) is 0.799. The van der Waals surface area contributed by atoms with Crippen molar-refractivity contribution in [2.24, 2.45) is 5.41 Å². The monoisotopic (exact) mass is 227 g/mol. The molecule has 3 heteroatoms. The van der Waals surface area contributed by atoms with E-state index in [4.69, 9.17) is 0 Å². The molecule has 0 aromatic carbocycles. The number of aliphatic hydroxyl groups excluding tert-OH is 1. The average Bonchev–Trinajstić information content (AvgIpc) is 2.16. The van der Waals surface area contributed by atoms with E-state index in [-0.39, 0.29) is 23.3 Å². The summed E-state index contributed by atoms with van der Waals surface area (Å²) in [5.41, 5.74) is -0.284. The third-order valence-electron chi connectivity index (χ3n) is 3.49. The minimum absolute atomic E-state index is 0.167. The number of rotatable bonds is 3. The van der Waals surface area contributed by atoms with E-state index in [1.807, 2.05) is 32.7 Å². The van der Waals surface area contributed by atoms with E-state index in [2.05, 4.69) is 0 Å². The van der Waals surface area contributed by atoms with Gasteiger partial charge < -0.3 is 5.11 Å². The fraction of sp³-hybridized carbons (Fsp3) is 0.923. The highest BCUT2D eigenvalue weighted by molar-refractivity contribution is 5.85. The van der Waals surface area contributed by atoms with Crippen molar-refractivity contribution in [3.8, 4) is 0 Å². The predicted octanol–water partition coefficient (Wildman–Crippen LogP) is 1.84. The van der Waals surface area contributed by atoms with Crippen LogP contribution in [-0.2, 0) is 4.79 Å². The first kappa shape index (κ1) is 13.7. The molecule has 1 fully saturated rings. The van der Waals surface area contributed by atoms with Crippen molar-refractivity contribution in [1.82, 2.24) is 4.90 Å². The van der Waals surface area contributed by atoms with Crippen molar-refractivity contribution in [2.75, 3.05) is 13.6 Å². The standard InChI is InChI=1S/C13H25NO2/c1-13(2,3)12(16)9-14(4)10-7-5-6-8-11(10)15/h10-11,15H,5-9H2,1-4H3. The molecule has 1 aliphatic rings. The summed E-state index contributed by atoms with van der Waals surface area (Å²) in [6, 6.07) is 0.167. The summed E-state index contributed by atoms with van der Waals surface area (Å²) in [6.07, 6.45) is 3.90. The summed E-state index contributed by atoms with van der Waals surface area (Å²) in [5, 5.41) is 9.90. The normalized spacial score (nSPS) is 27.1. The summed E-state index contributed by atoms with van der Waals surface area (Å²) < 4.78 is 0. The molecule has 0 radical (unpaired) electrons. The molecule has 0 spiro atoms. The Hall–Kier alpha value is -0.410. The van der Waals surface area contributed by atoms with Crippen molar-refractivity contribution < 1.29 is 9.90 Å². The van der Waals surface area contributed by atoms with Gasteiger partial charge in [0.15, 0.2) is 5.78 Å². The Morgan fingerprint density at radius 3 is 2.38 bits per heavy atom. The van der Waals surface area contributed by atoms with E-state index in [1.165, 1.54) is 0 Å². The lowest BCUT2D eigenvalue weighted by Crippen LogP contribution is -2.46. The molecule has 1 N–H and O–H groups in total. The lowest BCUT2D eigenvalue weighted by molar-refractivity contribution is -0.128. The first-order valence-electron chi connectivity index (χ1n) is 6.24. The second-order valence-corrected chi connectivity index (χ2v) is 6.01. The highest BCUT2D eigenvalue weighted by atomic mass is 16.3. The Morgan fingerprint density at radius 2 is 1.88 bits per heavy atom. The zero-order valence-corrected chi connectivity index (χ0v) is 11.0. The molecule has 0 aliphatic heterocycles. The molecule has 0 aromatic rings. The van der Waals surface area contributed by atoms with E-state index in [0.29, 0.717) is 6.54 Å². The molecule has 0 amide bonds. The van der Waals surface area contributed by atoms with Gasteiger partial charge in [-0.3, -0.25) is 9.69 Å². The Kier molecular flexibility index (Phi) is 4.51. The Bertz CT molecular complexity index is 245. The van der Waals surface area contributed by atoms with Gasteiger partial charge in [-0.05, 0) is 19.9 Å². The SMILES string of the molecule is CN(CC(=O)C(C)(C)C)C1CCCCC1O. The predicted molar refractivity (Wildman–Crippen MR) is 65.4 cm³/mol. The first-order chi connectivity index (χ1) is 7.32. The molecule has 3 nitrogen and oxygen atoms in total. The van der Waals surface area contributed by atoms with Crippen molar-refractivity contribution in [1.29, 1.82) is 0 Å². The van der Waals surface area contributed by atoms with Gasteiger partial charge in [-0.25, -0.2) is 0 Å². The Morgan fingerprint density at radius 1 is 1.31 bits per heavy atom. The average molecular weight is 227 g/mol. The topological polar surface area (TPSA) is 40.5 Å². The Balaban J connectivity index is 2.51. The van der Waals surface area contributed by atoms with Gasteiger partial charge in [-0.15, -0.1) is 0 Å². The van der Waals surface area contributed by atoms with Crippen LogP contribution in [0.5, 0.6) is 0 Å². The number of nitrogens with zero attached hydrogens (tertiary/aromatic N) is 1. The van der Waals surface area contributed by atoms with Crippen LogP contribution in [0.4, 0.5) is 0 Å². The van der Waals surface area contributed by atoms with Crippen LogP contribution in [0.1, 0.15) is 46.5 Å². The van der Waals surface area contributed by atoms with Gasteiger partial charge in [0, 0.05) is 11.5 Å². The van der Waals surface area contributed by atoms with Crippen LogP contribution in [0.2, 0.25) is 0 Å².